The zero-order valence-electron chi connectivity index (χ0n) is 9.07. The van der Waals surface area contributed by atoms with Gasteiger partial charge in [0.15, 0.2) is 7.29 Å². The second kappa shape index (κ2) is 6.17. The van der Waals surface area contributed by atoms with Crippen molar-refractivity contribution < 1.29 is 18.8 Å². The zero-order chi connectivity index (χ0) is 11.2. The summed E-state index contributed by atoms with van der Waals surface area (Å²) < 4.78 is 21.2. The first-order chi connectivity index (χ1) is 6.43. The number of hydrogen-bond donors (Lipinski definition) is 1. The van der Waals surface area contributed by atoms with Crippen LogP contribution in [0.3, 0.4) is 0 Å². The summed E-state index contributed by atoms with van der Waals surface area (Å²) in [4.78, 5) is 11.2. The molecule has 0 rings (SSSR count). The van der Waals surface area contributed by atoms with Gasteiger partial charge in [0.1, 0.15) is 12.4 Å². The van der Waals surface area contributed by atoms with Gasteiger partial charge in [-0.25, -0.2) is 0 Å². The molecule has 0 bridgehead atoms. The SMILES string of the molecule is CCOC(=O)C(C)NP(C)(=O)COC. The van der Waals surface area contributed by atoms with Gasteiger partial charge in [0.25, 0.3) is 0 Å². The van der Waals surface area contributed by atoms with Crippen LogP contribution in [-0.2, 0) is 18.8 Å². The minimum absolute atomic E-state index is 0.108. The van der Waals surface area contributed by atoms with Crippen molar-refractivity contribution in [2.45, 2.75) is 19.9 Å². The Kier molecular flexibility index (Phi) is 6.00. The van der Waals surface area contributed by atoms with Crippen molar-refractivity contribution in [3.05, 3.63) is 0 Å². The predicted molar refractivity (Wildman–Crippen MR) is 54.6 cm³/mol. The molecule has 0 aromatic rings. The molecule has 0 radical (unpaired) electrons. The third-order valence-electron chi connectivity index (χ3n) is 1.48. The predicted octanol–water partition coefficient (Wildman–Crippen LogP) is 1.04. The summed E-state index contributed by atoms with van der Waals surface area (Å²) in [5.74, 6) is -0.398. The van der Waals surface area contributed by atoms with Gasteiger partial charge >= 0.3 is 5.97 Å². The van der Waals surface area contributed by atoms with E-state index in [-0.39, 0.29) is 6.35 Å². The van der Waals surface area contributed by atoms with Gasteiger partial charge in [0.2, 0.25) is 0 Å². The molecule has 2 atom stereocenters. The molecule has 14 heavy (non-hydrogen) atoms. The van der Waals surface area contributed by atoms with Crippen molar-refractivity contribution in [3.8, 4) is 0 Å². The van der Waals surface area contributed by atoms with Crippen LogP contribution in [-0.4, -0.2) is 38.7 Å². The van der Waals surface area contributed by atoms with Gasteiger partial charge in [-0.2, -0.15) is 0 Å². The Balaban J connectivity index is 4.10. The highest BCUT2D eigenvalue weighted by Crippen LogP contribution is 2.36. The maximum Gasteiger partial charge on any atom is 0.323 e. The van der Waals surface area contributed by atoms with E-state index in [4.69, 9.17) is 9.47 Å². The third kappa shape index (κ3) is 5.37. The largest absolute Gasteiger partial charge is 0.465 e. The average Bonchev–Trinajstić information content (AvgIpc) is 2.03. The minimum Gasteiger partial charge on any atom is -0.465 e. The van der Waals surface area contributed by atoms with Crippen LogP contribution in [0.1, 0.15) is 13.8 Å². The average molecular weight is 223 g/mol. The van der Waals surface area contributed by atoms with Crippen LogP contribution in [0.5, 0.6) is 0 Å². The van der Waals surface area contributed by atoms with Crippen LogP contribution >= 0.6 is 7.29 Å². The summed E-state index contributed by atoms with van der Waals surface area (Å²) >= 11 is 0. The Morgan fingerprint density at radius 3 is 2.57 bits per heavy atom. The maximum atomic E-state index is 11.7. The number of hydrogen-bond acceptors (Lipinski definition) is 4. The Labute approximate surface area is 84.6 Å². The van der Waals surface area contributed by atoms with Crippen LogP contribution in [0.25, 0.3) is 0 Å². The lowest BCUT2D eigenvalue weighted by Gasteiger charge is -2.18. The molecule has 0 aromatic carbocycles. The molecule has 0 saturated carbocycles. The fourth-order valence-corrected chi connectivity index (χ4v) is 2.51. The van der Waals surface area contributed by atoms with Crippen LogP contribution < -0.4 is 5.09 Å². The number of carbonyl (C=O) groups excluding carboxylic acids is 1. The molecule has 0 spiro atoms. The van der Waals surface area contributed by atoms with Crippen molar-refractivity contribution in [1.29, 1.82) is 0 Å². The number of esters is 1. The number of methoxy groups -OCH3 is 1. The van der Waals surface area contributed by atoms with E-state index in [9.17, 15) is 9.36 Å². The Morgan fingerprint density at radius 1 is 1.57 bits per heavy atom. The quantitative estimate of drug-likeness (QED) is 0.538. The second-order valence-electron chi connectivity index (χ2n) is 3.12. The van der Waals surface area contributed by atoms with E-state index in [1.807, 2.05) is 0 Å². The summed E-state index contributed by atoms with van der Waals surface area (Å²) in [5, 5.41) is 2.70. The summed E-state index contributed by atoms with van der Waals surface area (Å²) in [7, 11) is -1.13. The Hall–Kier alpha value is -0.380. The molecule has 0 amide bonds. The Morgan fingerprint density at radius 2 is 2.14 bits per heavy atom. The highest BCUT2D eigenvalue weighted by Gasteiger charge is 2.22. The first kappa shape index (κ1) is 13.6. The van der Waals surface area contributed by atoms with Gasteiger partial charge in [-0.1, -0.05) is 0 Å². The van der Waals surface area contributed by atoms with Crippen molar-refractivity contribution in [1.82, 2.24) is 5.09 Å². The number of nitrogens with one attached hydrogen (secondary N) is 1. The number of carbonyl (C=O) groups is 1. The van der Waals surface area contributed by atoms with Gasteiger partial charge in [0.05, 0.1) is 6.61 Å². The van der Waals surface area contributed by atoms with E-state index in [0.29, 0.717) is 6.61 Å². The normalized spacial score (nSPS) is 17.1. The first-order valence-corrected chi connectivity index (χ1v) is 6.76. The van der Waals surface area contributed by atoms with Crippen molar-refractivity contribution >= 4 is 13.3 Å². The van der Waals surface area contributed by atoms with E-state index in [2.05, 4.69) is 5.09 Å². The van der Waals surface area contributed by atoms with Gasteiger partial charge in [-0.15, -0.1) is 0 Å². The van der Waals surface area contributed by atoms with E-state index in [1.54, 1.807) is 13.8 Å². The van der Waals surface area contributed by atoms with Crippen molar-refractivity contribution in [2.24, 2.45) is 0 Å². The molecule has 0 aliphatic carbocycles. The van der Waals surface area contributed by atoms with Crippen molar-refractivity contribution in [3.63, 3.8) is 0 Å². The van der Waals surface area contributed by atoms with Crippen LogP contribution in [0, 0.1) is 0 Å². The molecule has 1 N–H and O–H groups in total. The highest BCUT2D eigenvalue weighted by molar-refractivity contribution is 7.60. The standard InChI is InChI=1S/C8H18NO4P/c1-5-13-8(10)7(2)9-14(4,11)6-12-3/h7H,5-6H2,1-4H3,(H,9,11). The lowest BCUT2D eigenvalue weighted by atomic mass is 10.4. The van der Waals surface area contributed by atoms with E-state index in [1.165, 1.54) is 13.8 Å². The minimum atomic E-state index is -2.60. The van der Waals surface area contributed by atoms with Gasteiger partial charge < -0.3 is 14.0 Å². The van der Waals surface area contributed by atoms with E-state index >= 15 is 0 Å². The smallest absolute Gasteiger partial charge is 0.323 e. The molecule has 0 aromatic heterocycles. The third-order valence-corrected chi connectivity index (χ3v) is 3.17. The maximum absolute atomic E-state index is 11.7. The fraction of sp³-hybridized carbons (Fsp3) is 0.875. The molecule has 2 unspecified atom stereocenters. The molecule has 0 aliphatic rings. The van der Waals surface area contributed by atoms with Gasteiger partial charge in [0, 0.05) is 13.8 Å². The molecule has 84 valence electrons. The molecule has 5 nitrogen and oxygen atoms in total. The molecule has 0 saturated heterocycles. The van der Waals surface area contributed by atoms with Gasteiger partial charge in [-0.05, 0) is 13.8 Å². The first-order valence-electron chi connectivity index (χ1n) is 4.43. The van der Waals surface area contributed by atoms with Crippen LogP contribution in [0.15, 0.2) is 0 Å². The topological polar surface area (TPSA) is 64.6 Å². The molecule has 0 heterocycles. The zero-order valence-corrected chi connectivity index (χ0v) is 9.97. The Bertz CT molecular complexity index is 231. The lowest BCUT2D eigenvalue weighted by Crippen LogP contribution is -2.33. The fourth-order valence-electron chi connectivity index (χ4n) is 1.01. The number of ether oxygens (including phenoxy) is 2. The highest BCUT2D eigenvalue weighted by atomic mass is 31.2. The lowest BCUT2D eigenvalue weighted by molar-refractivity contribution is -0.144. The van der Waals surface area contributed by atoms with Crippen LogP contribution in [0.4, 0.5) is 0 Å². The molecule has 6 heteroatoms. The van der Waals surface area contributed by atoms with E-state index in [0.717, 1.165) is 0 Å². The monoisotopic (exact) mass is 223 g/mol. The van der Waals surface area contributed by atoms with Crippen molar-refractivity contribution in [2.75, 3.05) is 26.7 Å². The summed E-state index contributed by atoms with van der Waals surface area (Å²) in [6, 6.07) is -0.569. The van der Waals surface area contributed by atoms with Gasteiger partial charge in [-0.3, -0.25) is 9.88 Å². The molecular weight excluding hydrogens is 205 g/mol. The number of rotatable bonds is 6. The molecule has 0 aliphatic heterocycles. The van der Waals surface area contributed by atoms with Crippen LogP contribution in [0.2, 0.25) is 0 Å². The second-order valence-corrected chi connectivity index (χ2v) is 5.84. The molecule has 0 fully saturated rings. The summed E-state index contributed by atoms with van der Waals surface area (Å²) in [6.45, 7) is 5.20. The summed E-state index contributed by atoms with van der Waals surface area (Å²) in [5.41, 5.74) is 0. The van der Waals surface area contributed by atoms with E-state index < -0.39 is 19.3 Å². The summed E-state index contributed by atoms with van der Waals surface area (Å²) in [6.07, 6.45) is 0.108. The molecular formula is C8H18NO4P.